The third-order valence-electron chi connectivity index (χ3n) is 4.53. The quantitative estimate of drug-likeness (QED) is 0.630. The molecule has 2 N–H and O–H groups in total. The summed E-state index contributed by atoms with van der Waals surface area (Å²) in [5.74, 6) is 0.215. The highest BCUT2D eigenvalue weighted by Crippen LogP contribution is 2.24. The van der Waals surface area contributed by atoms with E-state index in [4.69, 9.17) is 0 Å². The highest BCUT2D eigenvalue weighted by atomic mass is 16.1. The van der Waals surface area contributed by atoms with E-state index in [9.17, 15) is 4.79 Å². The summed E-state index contributed by atoms with van der Waals surface area (Å²) in [6.45, 7) is 8.29. The average molecular weight is 375 g/mol. The van der Waals surface area contributed by atoms with Crippen LogP contribution in [0.4, 0.5) is 23.0 Å². The van der Waals surface area contributed by atoms with Crippen LogP contribution in [0.2, 0.25) is 0 Å². The minimum absolute atomic E-state index is 0.238. The minimum atomic E-state index is -0.238. The first-order valence-electron chi connectivity index (χ1n) is 9.41. The summed E-state index contributed by atoms with van der Waals surface area (Å²) in [5.41, 5.74) is 4.39. The van der Waals surface area contributed by atoms with Gasteiger partial charge >= 0.3 is 0 Å². The Hall–Kier alpha value is -3.41. The van der Waals surface area contributed by atoms with E-state index in [0.29, 0.717) is 11.5 Å². The van der Waals surface area contributed by atoms with E-state index in [0.717, 1.165) is 30.0 Å². The molecule has 0 saturated carbocycles. The maximum absolute atomic E-state index is 12.3. The predicted molar refractivity (Wildman–Crippen MR) is 114 cm³/mol. The number of para-hydroxylation sites is 1. The lowest BCUT2D eigenvalue weighted by Gasteiger charge is -2.22. The fraction of sp³-hybridized carbons (Fsp3) is 0.227. The number of carbonyl (C=O) groups is 1. The van der Waals surface area contributed by atoms with Gasteiger partial charge in [0.2, 0.25) is 5.95 Å². The topological polar surface area (TPSA) is 70.2 Å². The van der Waals surface area contributed by atoms with Crippen LogP contribution in [-0.4, -0.2) is 29.0 Å². The van der Waals surface area contributed by atoms with Crippen molar-refractivity contribution in [3.63, 3.8) is 0 Å². The van der Waals surface area contributed by atoms with E-state index >= 15 is 0 Å². The number of carbonyl (C=O) groups excluding carboxylic acids is 1. The van der Waals surface area contributed by atoms with Crippen LogP contribution in [0.1, 0.15) is 29.8 Å². The first-order chi connectivity index (χ1) is 13.6. The fourth-order valence-electron chi connectivity index (χ4n) is 2.93. The number of anilines is 4. The molecule has 3 aromatic rings. The summed E-state index contributed by atoms with van der Waals surface area (Å²) >= 11 is 0. The molecule has 0 spiro atoms. The van der Waals surface area contributed by atoms with Crippen LogP contribution in [0.15, 0.2) is 60.9 Å². The molecule has 0 aliphatic rings. The van der Waals surface area contributed by atoms with Crippen molar-refractivity contribution in [1.29, 1.82) is 0 Å². The lowest BCUT2D eigenvalue weighted by atomic mass is 10.1. The van der Waals surface area contributed by atoms with E-state index in [1.165, 1.54) is 18.1 Å². The number of nitrogens with one attached hydrogen (secondary N) is 2. The van der Waals surface area contributed by atoms with Gasteiger partial charge in [0.1, 0.15) is 0 Å². The van der Waals surface area contributed by atoms with Gasteiger partial charge in [0, 0.05) is 42.5 Å². The smallest absolute Gasteiger partial charge is 0.258 e. The highest BCUT2D eigenvalue weighted by Gasteiger charge is 2.09. The monoisotopic (exact) mass is 375 g/mol. The van der Waals surface area contributed by atoms with E-state index < -0.39 is 0 Å². The maximum atomic E-state index is 12.3. The number of hydrogen-bond acceptors (Lipinski definition) is 5. The summed E-state index contributed by atoms with van der Waals surface area (Å²) in [4.78, 5) is 23.1. The number of rotatable bonds is 7. The normalized spacial score (nSPS) is 10.4. The highest BCUT2D eigenvalue weighted by molar-refractivity contribution is 6.03. The Morgan fingerprint density at radius 1 is 1.00 bits per heavy atom. The van der Waals surface area contributed by atoms with Crippen molar-refractivity contribution >= 4 is 28.9 Å². The Balaban J connectivity index is 1.68. The second kappa shape index (κ2) is 8.99. The summed E-state index contributed by atoms with van der Waals surface area (Å²) in [6, 6.07) is 15.6. The van der Waals surface area contributed by atoms with Crippen molar-refractivity contribution < 1.29 is 4.79 Å². The average Bonchev–Trinajstić information content (AvgIpc) is 2.72. The number of aromatic nitrogens is 2. The van der Waals surface area contributed by atoms with Crippen molar-refractivity contribution in [3.05, 3.63) is 72.1 Å². The van der Waals surface area contributed by atoms with Gasteiger partial charge < -0.3 is 15.5 Å². The van der Waals surface area contributed by atoms with Crippen LogP contribution in [0.5, 0.6) is 0 Å². The molecule has 0 unspecified atom stereocenters. The standard InChI is InChI=1S/C22H25N5O/c1-4-27(5-2)19-11-12-20(16(3)13-19)26-22-23-14-17(15-24-22)21(28)25-18-9-7-6-8-10-18/h6-15H,4-5H2,1-3H3,(H,25,28)(H,23,24,26). The van der Waals surface area contributed by atoms with E-state index in [1.807, 2.05) is 36.4 Å². The lowest BCUT2D eigenvalue weighted by molar-refractivity contribution is 0.102. The maximum Gasteiger partial charge on any atom is 0.258 e. The molecule has 3 rings (SSSR count). The SMILES string of the molecule is CCN(CC)c1ccc(Nc2ncc(C(=O)Nc3ccccc3)cn2)c(C)c1. The van der Waals surface area contributed by atoms with Gasteiger partial charge in [-0.05, 0) is 56.7 Å². The van der Waals surface area contributed by atoms with Crippen molar-refractivity contribution in [2.75, 3.05) is 28.6 Å². The lowest BCUT2D eigenvalue weighted by Crippen LogP contribution is -2.21. The fourth-order valence-corrected chi connectivity index (χ4v) is 2.93. The second-order valence-corrected chi connectivity index (χ2v) is 6.41. The van der Waals surface area contributed by atoms with Crippen molar-refractivity contribution in [3.8, 4) is 0 Å². The van der Waals surface area contributed by atoms with Crippen LogP contribution >= 0.6 is 0 Å². The molecule has 1 amide bonds. The van der Waals surface area contributed by atoms with Crippen molar-refractivity contribution in [1.82, 2.24) is 9.97 Å². The predicted octanol–water partition coefficient (Wildman–Crippen LogP) is 4.63. The largest absolute Gasteiger partial charge is 0.372 e. The van der Waals surface area contributed by atoms with Gasteiger partial charge in [0.05, 0.1) is 5.56 Å². The minimum Gasteiger partial charge on any atom is -0.372 e. The van der Waals surface area contributed by atoms with Crippen molar-refractivity contribution in [2.45, 2.75) is 20.8 Å². The zero-order valence-electron chi connectivity index (χ0n) is 16.4. The van der Waals surface area contributed by atoms with Crippen LogP contribution in [0.3, 0.4) is 0 Å². The summed E-state index contributed by atoms with van der Waals surface area (Å²) in [6.07, 6.45) is 3.04. The molecule has 0 saturated heterocycles. The second-order valence-electron chi connectivity index (χ2n) is 6.41. The molecule has 0 fully saturated rings. The molecule has 0 atom stereocenters. The third-order valence-corrected chi connectivity index (χ3v) is 4.53. The Morgan fingerprint density at radius 3 is 2.29 bits per heavy atom. The summed E-state index contributed by atoms with van der Waals surface area (Å²) < 4.78 is 0. The molecule has 144 valence electrons. The zero-order chi connectivity index (χ0) is 19.9. The number of hydrogen-bond donors (Lipinski definition) is 2. The molecule has 6 nitrogen and oxygen atoms in total. The molecule has 0 aliphatic heterocycles. The van der Waals surface area contributed by atoms with E-state index in [1.54, 1.807) is 0 Å². The molecular weight excluding hydrogens is 350 g/mol. The molecular formula is C22H25N5O. The Kier molecular flexibility index (Phi) is 6.22. The van der Waals surface area contributed by atoms with Gasteiger partial charge in [-0.25, -0.2) is 9.97 Å². The molecule has 2 aromatic carbocycles. The van der Waals surface area contributed by atoms with E-state index in [2.05, 4.69) is 58.4 Å². The molecule has 0 radical (unpaired) electrons. The molecule has 1 aromatic heterocycles. The van der Waals surface area contributed by atoms with Gasteiger partial charge in [-0.15, -0.1) is 0 Å². The van der Waals surface area contributed by atoms with Crippen LogP contribution in [0.25, 0.3) is 0 Å². The van der Waals surface area contributed by atoms with Gasteiger partial charge in [-0.2, -0.15) is 0 Å². The Morgan fingerprint density at radius 2 is 1.68 bits per heavy atom. The number of nitrogens with zero attached hydrogens (tertiary/aromatic N) is 3. The summed E-state index contributed by atoms with van der Waals surface area (Å²) in [5, 5.41) is 6.04. The van der Waals surface area contributed by atoms with Crippen molar-refractivity contribution in [2.24, 2.45) is 0 Å². The molecule has 28 heavy (non-hydrogen) atoms. The summed E-state index contributed by atoms with van der Waals surface area (Å²) in [7, 11) is 0. The third kappa shape index (κ3) is 4.65. The van der Waals surface area contributed by atoms with Crippen LogP contribution in [-0.2, 0) is 0 Å². The molecule has 0 bridgehead atoms. The Labute approximate surface area is 165 Å². The number of amides is 1. The van der Waals surface area contributed by atoms with Crippen LogP contribution < -0.4 is 15.5 Å². The number of benzene rings is 2. The Bertz CT molecular complexity index is 921. The van der Waals surface area contributed by atoms with Gasteiger partial charge in [0.25, 0.3) is 5.91 Å². The van der Waals surface area contributed by atoms with E-state index in [-0.39, 0.29) is 5.91 Å². The molecule has 1 heterocycles. The molecule has 0 aliphatic carbocycles. The zero-order valence-corrected chi connectivity index (χ0v) is 16.4. The van der Waals surface area contributed by atoms with Gasteiger partial charge in [-0.3, -0.25) is 4.79 Å². The van der Waals surface area contributed by atoms with Gasteiger partial charge in [0.15, 0.2) is 0 Å². The first-order valence-corrected chi connectivity index (χ1v) is 9.41. The van der Waals surface area contributed by atoms with Crippen LogP contribution in [0, 0.1) is 6.92 Å². The first kappa shape index (κ1) is 19.4. The van der Waals surface area contributed by atoms with Gasteiger partial charge in [-0.1, -0.05) is 18.2 Å². The number of aryl methyl sites for hydroxylation is 1. The molecule has 6 heteroatoms.